The molecule has 2 unspecified atom stereocenters. The van der Waals surface area contributed by atoms with Crippen molar-refractivity contribution in [2.75, 3.05) is 6.61 Å². The first-order chi connectivity index (χ1) is 8.97. The van der Waals surface area contributed by atoms with Crippen LogP contribution in [0.25, 0.3) is 0 Å². The van der Waals surface area contributed by atoms with Gasteiger partial charge in [-0.05, 0) is 26.8 Å². The fourth-order valence-corrected chi connectivity index (χ4v) is 2.22. The van der Waals surface area contributed by atoms with Crippen molar-refractivity contribution in [2.45, 2.75) is 45.8 Å². The normalized spacial score (nSPS) is 25.6. The van der Waals surface area contributed by atoms with Gasteiger partial charge in [0.1, 0.15) is 5.92 Å². The van der Waals surface area contributed by atoms with Crippen LogP contribution in [0.1, 0.15) is 34.1 Å². The third-order valence-corrected chi connectivity index (χ3v) is 2.95. The van der Waals surface area contributed by atoms with E-state index in [1.54, 1.807) is 38.2 Å². The summed E-state index contributed by atoms with van der Waals surface area (Å²) >= 11 is 0. The van der Waals surface area contributed by atoms with Gasteiger partial charge in [-0.15, -0.1) is 0 Å². The van der Waals surface area contributed by atoms with Crippen molar-refractivity contribution in [3.05, 3.63) is 24.3 Å². The molecule has 0 aromatic heterocycles. The zero-order valence-electron chi connectivity index (χ0n) is 12.0. The third kappa shape index (κ3) is 3.32. The summed E-state index contributed by atoms with van der Waals surface area (Å²) in [7, 11) is 0. The second-order valence-electron chi connectivity index (χ2n) is 4.71. The highest BCUT2D eigenvalue weighted by Crippen LogP contribution is 2.33. The molecular weight excluding hydrogens is 244 g/mol. The Morgan fingerprint density at radius 3 is 2.47 bits per heavy atom. The van der Waals surface area contributed by atoms with E-state index in [0.717, 1.165) is 0 Å². The Bertz CT molecular complexity index is 395. The van der Waals surface area contributed by atoms with Crippen LogP contribution in [-0.4, -0.2) is 30.1 Å². The highest BCUT2D eigenvalue weighted by molar-refractivity contribution is 5.96. The van der Waals surface area contributed by atoms with Crippen molar-refractivity contribution >= 4 is 11.8 Å². The van der Waals surface area contributed by atoms with Crippen LogP contribution in [0.4, 0.5) is 0 Å². The van der Waals surface area contributed by atoms with Crippen LogP contribution in [0.15, 0.2) is 24.3 Å². The number of hydrogen-bond acceptors (Lipinski definition) is 4. The summed E-state index contributed by atoms with van der Waals surface area (Å²) in [6.45, 7) is 7.48. The summed E-state index contributed by atoms with van der Waals surface area (Å²) in [6.07, 6.45) is 6.97. The summed E-state index contributed by atoms with van der Waals surface area (Å²) in [5.41, 5.74) is -1.23. The van der Waals surface area contributed by atoms with Crippen molar-refractivity contribution in [2.24, 2.45) is 5.92 Å². The zero-order chi connectivity index (χ0) is 14.5. The molecule has 4 heteroatoms. The number of allylic oxidation sites excluding steroid dienone is 2. The van der Waals surface area contributed by atoms with Crippen molar-refractivity contribution in [1.82, 2.24) is 0 Å². The van der Waals surface area contributed by atoms with E-state index in [1.165, 1.54) is 0 Å². The van der Waals surface area contributed by atoms with E-state index in [9.17, 15) is 9.59 Å². The molecule has 2 atom stereocenters. The first kappa shape index (κ1) is 15.6. The van der Waals surface area contributed by atoms with Crippen LogP contribution >= 0.6 is 0 Å². The molecule has 106 valence electrons. The van der Waals surface area contributed by atoms with Gasteiger partial charge in [-0.2, -0.15) is 0 Å². The van der Waals surface area contributed by atoms with E-state index in [0.29, 0.717) is 6.42 Å². The van der Waals surface area contributed by atoms with Gasteiger partial charge in [0.2, 0.25) is 0 Å². The molecule has 1 aliphatic rings. The van der Waals surface area contributed by atoms with Crippen molar-refractivity contribution < 1.29 is 19.1 Å². The molecular formula is C15H22O4. The molecule has 1 rings (SSSR count). The number of ether oxygens (including phenoxy) is 2. The van der Waals surface area contributed by atoms with E-state index in [1.807, 2.05) is 13.8 Å². The van der Waals surface area contributed by atoms with E-state index < -0.39 is 17.5 Å². The topological polar surface area (TPSA) is 52.6 Å². The Kier molecular flexibility index (Phi) is 5.48. The lowest BCUT2D eigenvalue weighted by molar-refractivity contribution is -0.166. The minimum atomic E-state index is -1.23. The van der Waals surface area contributed by atoms with Crippen LogP contribution in [0.5, 0.6) is 0 Å². The maximum atomic E-state index is 12.3. The molecule has 0 amide bonds. The molecule has 1 aliphatic carbocycles. The van der Waals surface area contributed by atoms with Crippen LogP contribution in [-0.2, 0) is 19.1 Å². The van der Waals surface area contributed by atoms with Crippen molar-refractivity contribution in [1.29, 1.82) is 0 Å². The largest absolute Gasteiger partial charge is 0.465 e. The van der Waals surface area contributed by atoms with Gasteiger partial charge in [0, 0.05) is 6.42 Å². The molecule has 0 fully saturated rings. The Hall–Kier alpha value is -1.42. The molecule has 0 spiro atoms. The molecule has 0 heterocycles. The number of carbonyl (C=O) groups is 2. The number of ketones is 1. The van der Waals surface area contributed by atoms with Crippen LogP contribution < -0.4 is 0 Å². The van der Waals surface area contributed by atoms with Gasteiger partial charge in [0.05, 0.1) is 12.7 Å². The minimum absolute atomic E-state index is 0.111. The Morgan fingerprint density at radius 1 is 1.26 bits per heavy atom. The fourth-order valence-electron chi connectivity index (χ4n) is 2.22. The summed E-state index contributed by atoms with van der Waals surface area (Å²) in [6, 6.07) is 0. The molecule has 0 saturated carbocycles. The lowest BCUT2D eigenvalue weighted by atomic mass is 9.79. The van der Waals surface area contributed by atoms with Crippen LogP contribution in [0, 0.1) is 5.92 Å². The minimum Gasteiger partial charge on any atom is -0.465 e. The van der Waals surface area contributed by atoms with Crippen molar-refractivity contribution in [3.8, 4) is 0 Å². The number of rotatable bonds is 6. The smallest absolute Gasteiger partial charge is 0.316 e. The van der Waals surface area contributed by atoms with Gasteiger partial charge in [-0.1, -0.05) is 25.2 Å². The van der Waals surface area contributed by atoms with E-state index in [-0.39, 0.29) is 18.5 Å². The monoisotopic (exact) mass is 266 g/mol. The number of Topliss-reactive ketones (excluding diaryl/α,β-unsaturated/α-hetero) is 1. The lowest BCUT2D eigenvalue weighted by Crippen LogP contribution is -2.51. The number of hydrogen-bond donors (Lipinski definition) is 0. The van der Waals surface area contributed by atoms with Crippen LogP contribution in [0.3, 0.4) is 0 Å². The molecule has 4 nitrogen and oxygen atoms in total. The maximum Gasteiger partial charge on any atom is 0.316 e. The van der Waals surface area contributed by atoms with Gasteiger partial charge in [0.15, 0.2) is 11.4 Å². The van der Waals surface area contributed by atoms with Gasteiger partial charge in [-0.25, -0.2) is 0 Å². The predicted octanol–water partition coefficient (Wildman–Crippen LogP) is 2.43. The van der Waals surface area contributed by atoms with Crippen LogP contribution in [0.2, 0.25) is 0 Å². The van der Waals surface area contributed by atoms with E-state index in [2.05, 4.69) is 0 Å². The summed E-state index contributed by atoms with van der Waals surface area (Å²) < 4.78 is 10.9. The van der Waals surface area contributed by atoms with Gasteiger partial charge >= 0.3 is 5.97 Å². The lowest BCUT2D eigenvalue weighted by Gasteiger charge is -2.37. The third-order valence-electron chi connectivity index (χ3n) is 2.95. The first-order valence-corrected chi connectivity index (χ1v) is 6.71. The molecule has 0 aromatic carbocycles. The predicted molar refractivity (Wildman–Crippen MR) is 72.7 cm³/mol. The number of carbonyl (C=O) groups excluding carboxylic acids is 2. The van der Waals surface area contributed by atoms with Crippen molar-refractivity contribution in [3.63, 3.8) is 0 Å². The molecule has 0 radical (unpaired) electrons. The molecule has 0 saturated heterocycles. The zero-order valence-corrected chi connectivity index (χ0v) is 12.0. The van der Waals surface area contributed by atoms with Gasteiger partial charge < -0.3 is 9.47 Å². The second kappa shape index (κ2) is 6.66. The second-order valence-corrected chi connectivity index (χ2v) is 4.71. The quantitative estimate of drug-likeness (QED) is 0.693. The number of esters is 1. The van der Waals surface area contributed by atoms with E-state index in [4.69, 9.17) is 9.47 Å². The SMILES string of the molecule is CCOC(=O)C1C=CC=CC1(OC(C)C)C(=O)CC. The molecule has 19 heavy (non-hydrogen) atoms. The fraction of sp³-hybridized carbons (Fsp3) is 0.600. The average molecular weight is 266 g/mol. The van der Waals surface area contributed by atoms with E-state index >= 15 is 0 Å². The molecule has 0 bridgehead atoms. The average Bonchev–Trinajstić information content (AvgIpc) is 2.37. The highest BCUT2D eigenvalue weighted by Gasteiger charge is 2.48. The summed E-state index contributed by atoms with van der Waals surface area (Å²) in [5, 5.41) is 0. The summed E-state index contributed by atoms with van der Waals surface area (Å²) in [5.74, 6) is -1.25. The molecule has 0 N–H and O–H groups in total. The maximum absolute atomic E-state index is 12.3. The molecule has 0 aliphatic heterocycles. The Balaban J connectivity index is 3.16. The Labute approximate surface area is 114 Å². The molecule has 0 aromatic rings. The summed E-state index contributed by atoms with van der Waals surface area (Å²) in [4.78, 5) is 24.4. The Morgan fingerprint density at radius 2 is 1.95 bits per heavy atom. The highest BCUT2D eigenvalue weighted by atomic mass is 16.5. The van der Waals surface area contributed by atoms with Gasteiger partial charge in [0.25, 0.3) is 0 Å². The standard InChI is InChI=1S/C15H22O4/c1-5-13(16)15(19-11(3)4)10-8-7-9-12(15)14(17)18-6-2/h7-12H,5-6H2,1-4H3. The van der Waals surface area contributed by atoms with Gasteiger partial charge in [-0.3, -0.25) is 9.59 Å². The first-order valence-electron chi connectivity index (χ1n) is 6.71.